The van der Waals surface area contributed by atoms with Crippen LogP contribution in [0.1, 0.15) is 21.9 Å². The third-order valence-corrected chi connectivity index (χ3v) is 5.33. The average molecular weight is 369 g/mol. The zero-order valence-electron chi connectivity index (χ0n) is 15.5. The Labute approximate surface area is 162 Å². The summed E-state index contributed by atoms with van der Waals surface area (Å²) in [4.78, 5) is 28.3. The van der Waals surface area contributed by atoms with Crippen molar-refractivity contribution < 1.29 is 4.79 Å². The van der Waals surface area contributed by atoms with E-state index in [0.29, 0.717) is 25.1 Å². The normalized spacial score (nSPS) is 13.3. The number of hydrogen-bond donors (Lipinski definition) is 0. The molecule has 1 aliphatic rings. The van der Waals surface area contributed by atoms with Gasteiger partial charge in [-0.2, -0.15) is 0 Å². The van der Waals surface area contributed by atoms with E-state index in [4.69, 9.17) is 4.98 Å². The smallest absolute Gasteiger partial charge is 0.256 e. The molecule has 0 spiro atoms. The summed E-state index contributed by atoms with van der Waals surface area (Å²) in [5, 5.41) is 0. The molecule has 0 atom stereocenters. The predicted molar refractivity (Wildman–Crippen MR) is 107 cm³/mol. The second-order valence-electron chi connectivity index (χ2n) is 6.97. The zero-order valence-corrected chi connectivity index (χ0v) is 15.5. The third-order valence-electron chi connectivity index (χ3n) is 5.33. The molecule has 1 aliphatic heterocycles. The molecule has 5 rings (SSSR count). The van der Waals surface area contributed by atoms with Gasteiger partial charge in [-0.1, -0.05) is 18.2 Å². The number of imidazole rings is 1. The summed E-state index contributed by atoms with van der Waals surface area (Å²) in [6.45, 7) is 1.14. The highest BCUT2D eigenvalue weighted by molar-refractivity contribution is 6.03. The number of nitrogens with zero attached hydrogens (tertiary/aromatic N) is 5. The monoisotopic (exact) mass is 369 g/mol. The molecule has 0 aliphatic carbocycles. The SMILES string of the molecule is Cn1c(CCN2Cc3nccc(-c4cccnc4)c3C2=O)nc2ccccc21. The number of carbonyl (C=O) groups is 1. The summed E-state index contributed by atoms with van der Waals surface area (Å²) in [5.74, 6) is 1.01. The van der Waals surface area contributed by atoms with E-state index < -0.39 is 0 Å². The Morgan fingerprint density at radius 3 is 2.79 bits per heavy atom. The molecule has 0 saturated carbocycles. The third kappa shape index (κ3) is 2.65. The van der Waals surface area contributed by atoms with Crippen molar-refractivity contribution in [1.82, 2.24) is 24.4 Å². The van der Waals surface area contributed by atoms with E-state index in [1.54, 1.807) is 18.6 Å². The maximum absolute atomic E-state index is 13.1. The lowest BCUT2D eigenvalue weighted by Gasteiger charge is -2.15. The molecule has 6 nitrogen and oxygen atoms in total. The fourth-order valence-corrected chi connectivity index (χ4v) is 3.87. The molecule has 28 heavy (non-hydrogen) atoms. The second kappa shape index (κ2) is 6.56. The Bertz CT molecular complexity index is 1180. The quantitative estimate of drug-likeness (QED) is 0.554. The molecule has 4 aromatic rings. The highest BCUT2D eigenvalue weighted by Gasteiger charge is 2.31. The Morgan fingerprint density at radius 1 is 1.07 bits per heavy atom. The molecular formula is C22H19N5O. The van der Waals surface area contributed by atoms with Crippen LogP contribution >= 0.6 is 0 Å². The van der Waals surface area contributed by atoms with Gasteiger partial charge in [0.15, 0.2) is 0 Å². The lowest BCUT2D eigenvalue weighted by molar-refractivity contribution is 0.0779. The van der Waals surface area contributed by atoms with Crippen LogP contribution in [-0.4, -0.2) is 36.9 Å². The first-order valence-electron chi connectivity index (χ1n) is 9.30. The van der Waals surface area contributed by atoms with Gasteiger partial charge in [-0.25, -0.2) is 4.98 Å². The molecule has 1 amide bonds. The van der Waals surface area contributed by atoms with Crippen LogP contribution in [0, 0.1) is 0 Å². The van der Waals surface area contributed by atoms with Gasteiger partial charge in [-0.05, 0) is 29.8 Å². The first-order chi connectivity index (χ1) is 13.7. The molecule has 138 valence electrons. The van der Waals surface area contributed by atoms with Crippen molar-refractivity contribution in [3.8, 4) is 11.1 Å². The van der Waals surface area contributed by atoms with Crippen molar-refractivity contribution in [1.29, 1.82) is 0 Å². The van der Waals surface area contributed by atoms with E-state index in [9.17, 15) is 4.79 Å². The van der Waals surface area contributed by atoms with E-state index in [1.807, 2.05) is 48.3 Å². The molecule has 0 fully saturated rings. The van der Waals surface area contributed by atoms with Gasteiger partial charge >= 0.3 is 0 Å². The summed E-state index contributed by atoms with van der Waals surface area (Å²) < 4.78 is 2.10. The van der Waals surface area contributed by atoms with E-state index >= 15 is 0 Å². The minimum absolute atomic E-state index is 0.0284. The van der Waals surface area contributed by atoms with Gasteiger partial charge in [0.2, 0.25) is 0 Å². The number of carbonyl (C=O) groups excluding carboxylic acids is 1. The Morgan fingerprint density at radius 2 is 1.96 bits per heavy atom. The molecular weight excluding hydrogens is 350 g/mol. The molecule has 0 radical (unpaired) electrons. The van der Waals surface area contributed by atoms with Crippen LogP contribution in [-0.2, 0) is 20.0 Å². The number of aryl methyl sites for hydroxylation is 1. The van der Waals surface area contributed by atoms with Gasteiger partial charge in [-0.3, -0.25) is 14.8 Å². The lowest BCUT2D eigenvalue weighted by Crippen LogP contribution is -2.27. The number of rotatable bonds is 4. The standard InChI is InChI=1S/C22H19N5O/c1-26-19-7-3-2-6-17(19)25-20(26)9-12-27-14-18-21(22(27)28)16(8-11-24-18)15-5-4-10-23-13-15/h2-8,10-11,13H,9,12,14H2,1H3. The number of benzene rings is 1. The van der Waals surface area contributed by atoms with Gasteiger partial charge in [-0.15, -0.1) is 0 Å². The van der Waals surface area contributed by atoms with Gasteiger partial charge < -0.3 is 9.47 Å². The van der Waals surface area contributed by atoms with E-state index in [-0.39, 0.29) is 5.91 Å². The first kappa shape index (κ1) is 16.6. The van der Waals surface area contributed by atoms with Crippen molar-refractivity contribution in [3.63, 3.8) is 0 Å². The zero-order chi connectivity index (χ0) is 19.1. The predicted octanol–water partition coefficient (Wildman–Crippen LogP) is 3.23. The van der Waals surface area contributed by atoms with Crippen LogP contribution in [0.4, 0.5) is 0 Å². The topological polar surface area (TPSA) is 63.9 Å². The van der Waals surface area contributed by atoms with Crippen molar-refractivity contribution in [2.75, 3.05) is 6.54 Å². The van der Waals surface area contributed by atoms with Crippen LogP contribution in [0.5, 0.6) is 0 Å². The number of para-hydroxylation sites is 2. The average Bonchev–Trinajstić information content (AvgIpc) is 3.24. The van der Waals surface area contributed by atoms with Crippen LogP contribution in [0.2, 0.25) is 0 Å². The lowest BCUT2D eigenvalue weighted by atomic mass is 10.0. The fourth-order valence-electron chi connectivity index (χ4n) is 3.87. The van der Waals surface area contributed by atoms with Crippen molar-refractivity contribution in [3.05, 3.63) is 78.1 Å². The Balaban J connectivity index is 1.40. The molecule has 0 saturated heterocycles. The largest absolute Gasteiger partial charge is 0.332 e. The fraction of sp³-hybridized carbons (Fsp3) is 0.182. The molecule has 0 unspecified atom stereocenters. The number of aromatic nitrogens is 4. The summed E-state index contributed by atoms with van der Waals surface area (Å²) >= 11 is 0. The molecule has 1 aromatic carbocycles. The van der Waals surface area contributed by atoms with Crippen LogP contribution in [0.15, 0.2) is 61.1 Å². The van der Waals surface area contributed by atoms with Crippen LogP contribution < -0.4 is 0 Å². The maximum Gasteiger partial charge on any atom is 0.256 e. The number of fused-ring (bicyclic) bond motifs is 2. The second-order valence-corrected chi connectivity index (χ2v) is 6.97. The highest BCUT2D eigenvalue weighted by Crippen LogP contribution is 2.31. The maximum atomic E-state index is 13.1. The van der Waals surface area contributed by atoms with Crippen molar-refractivity contribution in [2.24, 2.45) is 7.05 Å². The minimum atomic E-state index is 0.0284. The summed E-state index contributed by atoms with van der Waals surface area (Å²) in [6.07, 6.45) is 5.98. The first-order valence-corrected chi connectivity index (χ1v) is 9.30. The minimum Gasteiger partial charge on any atom is -0.332 e. The van der Waals surface area contributed by atoms with Crippen LogP contribution in [0.3, 0.4) is 0 Å². The molecule has 6 heteroatoms. The van der Waals surface area contributed by atoms with Crippen LogP contribution in [0.25, 0.3) is 22.2 Å². The molecule has 4 heterocycles. The van der Waals surface area contributed by atoms with Gasteiger partial charge in [0.1, 0.15) is 5.82 Å². The van der Waals surface area contributed by atoms with E-state index in [1.165, 1.54) is 0 Å². The molecule has 3 aromatic heterocycles. The van der Waals surface area contributed by atoms with E-state index in [2.05, 4.69) is 20.6 Å². The van der Waals surface area contributed by atoms with E-state index in [0.717, 1.165) is 33.7 Å². The Kier molecular flexibility index (Phi) is 3.90. The van der Waals surface area contributed by atoms with Crippen molar-refractivity contribution in [2.45, 2.75) is 13.0 Å². The van der Waals surface area contributed by atoms with Crippen molar-refractivity contribution >= 4 is 16.9 Å². The number of hydrogen-bond acceptors (Lipinski definition) is 4. The summed E-state index contributed by atoms with van der Waals surface area (Å²) in [6, 6.07) is 13.8. The Hall–Kier alpha value is -3.54. The molecule has 0 bridgehead atoms. The number of amides is 1. The molecule has 0 N–H and O–H groups in total. The summed E-state index contributed by atoms with van der Waals surface area (Å²) in [5.41, 5.74) is 5.45. The van der Waals surface area contributed by atoms with Gasteiger partial charge in [0, 0.05) is 44.2 Å². The number of pyridine rings is 2. The summed E-state index contributed by atoms with van der Waals surface area (Å²) in [7, 11) is 2.02. The van der Waals surface area contributed by atoms with Gasteiger partial charge in [0.25, 0.3) is 5.91 Å². The highest BCUT2D eigenvalue weighted by atomic mass is 16.2. The van der Waals surface area contributed by atoms with Gasteiger partial charge in [0.05, 0.1) is 28.8 Å².